The van der Waals surface area contributed by atoms with Gasteiger partial charge in [-0.05, 0) is 22.6 Å². The average Bonchev–Trinajstić information content (AvgIpc) is 2.88. The van der Waals surface area contributed by atoms with Gasteiger partial charge in [0.05, 0.1) is 12.8 Å². The molecular formula is C11H13N5O2. The highest BCUT2D eigenvalue weighted by Crippen LogP contribution is 2.13. The Kier molecular flexibility index (Phi) is 3.52. The molecule has 0 saturated heterocycles. The third kappa shape index (κ3) is 2.45. The van der Waals surface area contributed by atoms with Gasteiger partial charge >= 0.3 is 5.97 Å². The van der Waals surface area contributed by atoms with E-state index in [2.05, 4.69) is 20.3 Å². The molecule has 1 heterocycles. The summed E-state index contributed by atoms with van der Waals surface area (Å²) < 4.78 is 6.16. The van der Waals surface area contributed by atoms with E-state index in [1.54, 1.807) is 16.6 Å². The Bertz CT molecular complexity index is 525. The summed E-state index contributed by atoms with van der Waals surface area (Å²) in [4.78, 5) is 12.8. The summed E-state index contributed by atoms with van der Waals surface area (Å²) >= 11 is 0. The molecule has 18 heavy (non-hydrogen) atoms. The molecule has 0 bridgehead atoms. The summed E-state index contributed by atoms with van der Waals surface area (Å²) in [5.41, 5.74) is 0.828. The molecular weight excluding hydrogens is 234 g/mol. The van der Waals surface area contributed by atoms with Crippen LogP contribution in [0.15, 0.2) is 30.3 Å². The van der Waals surface area contributed by atoms with Crippen LogP contribution >= 0.6 is 0 Å². The standard InChI is InChI=1S/C11H13N5O2/c1-15(8-10(17)18-2)11-12-13-14-16(11)9-6-4-3-5-7-9/h3-7H,8H2,1-2H3. The summed E-state index contributed by atoms with van der Waals surface area (Å²) in [5, 5.41) is 11.4. The maximum atomic E-state index is 11.2. The SMILES string of the molecule is COC(=O)CN(C)c1nnnn1-c1ccccc1. The van der Waals surface area contributed by atoms with Crippen molar-refractivity contribution in [2.45, 2.75) is 0 Å². The van der Waals surface area contributed by atoms with E-state index in [-0.39, 0.29) is 12.5 Å². The second-order valence-corrected chi connectivity index (χ2v) is 3.66. The van der Waals surface area contributed by atoms with Gasteiger partial charge in [-0.15, -0.1) is 0 Å². The lowest BCUT2D eigenvalue weighted by molar-refractivity contribution is -0.138. The van der Waals surface area contributed by atoms with Crippen LogP contribution in [0.1, 0.15) is 0 Å². The molecule has 0 unspecified atom stereocenters. The van der Waals surface area contributed by atoms with E-state index in [0.29, 0.717) is 5.95 Å². The third-order valence-electron chi connectivity index (χ3n) is 2.39. The zero-order valence-corrected chi connectivity index (χ0v) is 10.1. The van der Waals surface area contributed by atoms with Crippen molar-refractivity contribution in [1.29, 1.82) is 0 Å². The Morgan fingerprint density at radius 3 is 2.78 bits per heavy atom. The second-order valence-electron chi connectivity index (χ2n) is 3.66. The molecule has 1 aromatic carbocycles. The van der Waals surface area contributed by atoms with Gasteiger partial charge in [0, 0.05) is 7.05 Å². The molecule has 0 amide bonds. The molecule has 1 aromatic heterocycles. The Morgan fingerprint density at radius 2 is 2.11 bits per heavy atom. The molecule has 0 radical (unpaired) electrons. The smallest absolute Gasteiger partial charge is 0.325 e. The maximum Gasteiger partial charge on any atom is 0.325 e. The normalized spacial score (nSPS) is 10.1. The zero-order valence-electron chi connectivity index (χ0n) is 10.1. The molecule has 0 fully saturated rings. The molecule has 2 rings (SSSR count). The van der Waals surface area contributed by atoms with Crippen molar-refractivity contribution in [1.82, 2.24) is 20.2 Å². The van der Waals surface area contributed by atoms with Crippen molar-refractivity contribution in [3.8, 4) is 5.69 Å². The Hall–Kier alpha value is -2.44. The van der Waals surface area contributed by atoms with E-state index in [0.717, 1.165) is 5.69 Å². The lowest BCUT2D eigenvalue weighted by atomic mass is 10.3. The lowest BCUT2D eigenvalue weighted by Crippen LogP contribution is -2.28. The van der Waals surface area contributed by atoms with Crippen molar-refractivity contribution in [2.75, 3.05) is 25.6 Å². The van der Waals surface area contributed by atoms with E-state index < -0.39 is 0 Å². The molecule has 0 aliphatic rings. The number of carbonyl (C=O) groups excluding carboxylic acids is 1. The number of methoxy groups -OCH3 is 1. The van der Waals surface area contributed by atoms with E-state index in [4.69, 9.17) is 0 Å². The summed E-state index contributed by atoms with van der Waals surface area (Å²) in [7, 11) is 3.07. The number of benzene rings is 1. The van der Waals surface area contributed by atoms with Gasteiger partial charge < -0.3 is 9.64 Å². The number of nitrogens with zero attached hydrogens (tertiary/aromatic N) is 5. The summed E-state index contributed by atoms with van der Waals surface area (Å²) in [5.74, 6) is 0.131. The van der Waals surface area contributed by atoms with Crippen LogP contribution in [0.2, 0.25) is 0 Å². The summed E-state index contributed by atoms with van der Waals surface area (Å²) in [6.07, 6.45) is 0. The topological polar surface area (TPSA) is 73.1 Å². The largest absolute Gasteiger partial charge is 0.468 e. The van der Waals surface area contributed by atoms with Gasteiger partial charge in [-0.3, -0.25) is 4.79 Å². The Labute approximate surface area is 104 Å². The van der Waals surface area contributed by atoms with Crippen LogP contribution in [0, 0.1) is 0 Å². The predicted octanol–water partition coefficient (Wildman–Crippen LogP) is 0.271. The van der Waals surface area contributed by atoms with Gasteiger partial charge in [0.2, 0.25) is 0 Å². The van der Waals surface area contributed by atoms with Crippen LogP contribution in [0.4, 0.5) is 5.95 Å². The molecule has 0 aliphatic heterocycles. The van der Waals surface area contributed by atoms with Gasteiger partial charge in [-0.1, -0.05) is 23.3 Å². The number of ether oxygens (including phenoxy) is 1. The van der Waals surface area contributed by atoms with Crippen molar-refractivity contribution in [3.63, 3.8) is 0 Å². The van der Waals surface area contributed by atoms with Gasteiger partial charge in [0.15, 0.2) is 0 Å². The molecule has 7 heteroatoms. The molecule has 2 aromatic rings. The van der Waals surface area contributed by atoms with Gasteiger partial charge in [0.25, 0.3) is 5.95 Å². The van der Waals surface area contributed by atoms with E-state index in [1.807, 2.05) is 30.3 Å². The van der Waals surface area contributed by atoms with Crippen molar-refractivity contribution >= 4 is 11.9 Å². The van der Waals surface area contributed by atoms with Crippen LogP contribution in [-0.2, 0) is 9.53 Å². The summed E-state index contributed by atoms with van der Waals surface area (Å²) in [6, 6.07) is 9.45. The number of carbonyl (C=O) groups is 1. The average molecular weight is 247 g/mol. The second kappa shape index (κ2) is 5.26. The number of esters is 1. The fourth-order valence-electron chi connectivity index (χ4n) is 1.49. The minimum atomic E-state index is -0.347. The quantitative estimate of drug-likeness (QED) is 0.722. The van der Waals surface area contributed by atoms with Crippen LogP contribution in [0.25, 0.3) is 5.69 Å². The minimum Gasteiger partial charge on any atom is -0.468 e. The Balaban J connectivity index is 2.25. The molecule has 0 aliphatic carbocycles. The van der Waals surface area contributed by atoms with Crippen molar-refractivity contribution in [2.24, 2.45) is 0 Å². The zero-order chi connectivity index (χ0) is 13.0. The van der Waals surface area contributed by atoms with E-state index in [1.165, 1.54) is 7.11 Å². The number of aromatic nitrogens is 4. The number of anilines is 1. The molecule has 0 saturated carbocycles. The third-order valence-corrected chi connectivity index (χ3v) is 2.39. The van der Waals surface area contributed by atoms with Crippen LogP contribution in [-0.4, -0.2) is 46.9 Å². The molecule has 0 N–H and O–H groups in total. The van der Waals surface area contributed by atoms with Gasteiger partial charge in [-0.25, -0.2) is 0 Å². The highest BCUT2D eigenvalue weighted by atomic mass is 16.5. The van der Waals surface area contributed by atoms with Crippen molar-refractivity contribution < 1.29 is 9.53 Å². The van der Waals surface area contributed by atoms with Crippen LogP contribution in [0.3, 0.4) is 0 Å². The number of rotatable bonds is 4. The number of hydrogen-bond donors (Lipinski definition) is 0. The van der Waals surface area contributed by atoms with E-state index in [9.17, 15) is 4.79 Å². The number of tetrazole rings is 1. The van der Waals surface area contributed by atoms with Crippen molar-refractivity contribution in [3.05, 3.63) is 30.3 Å². The minimum absolute atomic E-state index is 0.0870. The lowest BCUT2D eigenvalue weighted by Gasteiger charge is -2.15. The fourth-order valence-corrected chi connectivity index (χ4v) is 1.49. The first kappa shape index (κ1) is 12.0. The fraction of sp³-hybridized carbons (Fsp3) is 0.273. The number of para-hydroxylation sites is 1. The maximum absolute atomic E-state index is 11.2. The highest BCUT2D eigenvalue weighted by molar-refractivity contribution is 5.74. The van der Waals surface area contributed by atoms with Crippen LogP contribution in [0.5, 0.6) is 0 Å². The first-order valence-electron chi connectivity index (χ1n) is 5.34. The highest BCUT2D eigenvalue weighted by Gasteiger charge is 2.15. The molecule has 0 atom stereocenters. The Morgan fingerprint density at radius 1 is 1.39 bits per heavy atom. The monoisotopic (exact) mass is 247 g/mol. The first-order valence-corrected chi connectivity index (χ1v) is 5.34. The molecule has 94 valence electrons. The van der Waals surface area contributed by atoms with Gasteiger partial charge in [0.1, 0.15) is 6.54 Å². The van der Waals surface area contributed by atoms with Gasteiger partial charge in [-0.2, -0.15) is 4.68 Å². The predicted molar refractivity (Wildman–Crippen MR) is 64.4 cm³/mol. The number of likely N-dealkylation sites (N-methyl/N-ethyl adjacent to an activating group) is 1. The first-order chi connectivity index (χ1) is 8.72. The molecule has 7 nitrogen and oxygen atoms in total. The van der Waals surface area contributed by atoms with Crippen LogP contribution < -0.4 is 4.90 Å². The molecule has 0 spiro atoms. The van der Waals surface area contributed by atoms with E-state index >= 15 is 0 Å². The number of hydrogen-bond acceptors (Lipinski definition) is 6. The summed E-state index contributed by atoms with van der Waals surface area (Å²) in [6.45, 7) is 0.0870.